The summed E-state index contributed by atoms with van der Waals surface area (Å²) in [5.74, 6) is 0.567. The number of sulfonamides is 1. The van der Waals surface area contributed by atoms with Crippen LogP contribution in [0.2, 0.25) is 0 Å². The van der Waals surface area contributed by atoms with Crippen LogP contribution in [0.5, 0.6) is 0 Å². The first kappa shape index (κ1) is 26.9. The molecule has 1 fully saturated rings. The number of rotatable bonds is 11. The molecule has 3 aromatic carbocycles. The van der Waals surface area contributed by atoms with E-state index in [1.54, 1.807) is 6.21 Å². The number of anilines is 2. The van der Waals surface area contributed by atoms with Crippen molar-refractivity contribution in [2.45, 2.75) is 70.2 Å². The first-order valence-electron chi connectivity index (χ1n) is 13.1. The number of hydrazone groups is 1. The minimum Gasteiger partial charge on any atom is -0.277 e. The molecular formula is C30H38N4O2S. The molecule has 4 rings (SSSR count). The van der Waals surface area contributed by atoms with Crippen molar-refractivity contribution in [2.24, 2.45) is 11.0 Å². The third kappa shape index (κ3) is 6.99. The fourth-order valence-corrected chi connectivity index (χ4v) is 6.72. The molecule has 0 aromatic heterocycles. The van der Waals surface area contributed by atoms with E-state index in [-0.39, 0.29) is 0 Å². The van der Waals surface area contributed by atoms with Crippen molar-refractivity contribution in [1.82, 2.24) is 10.3 Å². The van der Waals surface area contributed by atoms with Gasteiger partial charge >= 0.3 is 0 Å². The maximum Gasteiger partial charge on any atom is 0.277 e. The number of para-hydroxylation sites is 2. The highest BCUT2D eigenvalue weighted by molar-refractivity contribution is 7.89. The lowest BCUT2D eigenvalue weighted by atomic mass is 9.97. The fourth-order valence-electron chi connectivity index (χ4n) is 5.45. The Labute approximate surface area is 221 Å². The summed E-state index contributed by atoms with van der Waals surface area (Å²) in [6.07, 6.45) is 8.02. The summed E-state index contributed by atoms with van der Waals surface area (Å²) < 4.78 is 25.5. The van der Waals surface area contributed by atoms with E-state index in [1.807, 2.05) is 45.0 Å². The second-order valence-corrected chi connectivity index (χ2v) is 11.6. The topological polar surface area (TPSA) is 73.8 Å². The molecule has 2 unspecified atom stereocenters. The van der Waals surface area contributed by atoms with Crippen molar-refractivity contribution in [2.75, 3.05) is 5.01 Å². The van der Waals surface area contributed by atoms with Crippen LogP contribution in [-0.4, -0.2) is 20.7 Å². The third-order valence-corrected chi connectivity index (χ3v) is 8.56. The van der Waals surface area contributed by atoms with E-state index in [2.05, 4.69) is 68.9 Å². The predicted octanol–water partition coefficient (Wildman–Crippen LogP) is 6.56. The maximum atomic E-state index is 12.8. The van der Waals surface area contributed by atoms with Crippen LogP contribution in [0.15, 0.2) is 82.8 Å². The SMILES string of the molecule is Cc1cc(C)c(S(=O)(=O)N/N=C/CCCC2CCCC2NN(c2ccccc2)c2ccccc2)c(C)c1. The lowest BCUT2D eigenvalue weighted by Crippen LogP contribution is -2.43. The van der Waals surface area contributed by atoms with Gasteiger partial charge in [-0.1, -0.05) is 60.5 Å². The minimum atomic E-state index is -3.68. The molecule has 0 bridgehead atoms. The van der Waals surface area contributed by atoms with E-state index in [1.165, 1.54) is 12.8 Å². The smallest absolute Gasteiger partial charge is 0.277 e. The number of hydrogen-bond donors (Lipinski definition) is 2. The van der Waals surface area contributed by atoms with E-state index in [0.717, 1.165) is 53.7 Å². The number of aryl methyl sites for hydroxylation is 3. The van der Waals surface area contributed by atoms with Gasteiger partial charge in [0, 0.05) is 12.3 Å². The van der Waals surface area contributed by atoms with Crippen molar-refractivity contribution < 1.29 is 8.42 Å². The minimum absolute atomic E-state index is 0.316. The third-order valence-electron chi connectivity index (χ3n) is 7.03. The molecule has 3 aromatic rings. The predicted molar refractivity (Wildman–Crippen MR) is 153 cm³/mol. The Hall–Kier alpha value is -3.16. The summed E-state index contributed by atoms with van der Waals surface area (Å²) in [4.78, 5) is 2.71. The number of nitrogens with one attached hydrogen (secondary N) is 2. The van der Waals surface area contributed by atoms with Gasteiger partial charge in [0.1, 0.15) is 0 Å². The highest BCUT2D eigenvalue weighted by Crippen LogP contribution is 2.32. The Morgan fingerprint density at radius 3 is 2.11 bits per heavy atom. The monoisotopic (exact) mass is 518 g/mol. The number of hydrogen-bond acceptors (Lipinski definition) is 5. The quantitative estimate of drug-likeness (QED) is 0.171. The highest BCUT2D eigenvalue weighted by atomic mass is 32.2. The highest BCUT2D eigenvalue weighted by Gasteiger charge is 2.28. The zero-order chi connectivity index (χ0) is 26.3. The van der Waals surface area contributed by atoms with Crippen LogP contribution in [0.1, 0.15) is 55.2 Å². The van der Waals surface area contributed by atoms with Crippen LogP contribution < -0.4 is 15.3 Å². The first-order valence-corrected chi connectivity index (χ1v) is 14.6. The normalized spacial score (nSPS) is 17.8. The van der Waals surface area contributed by atoms with Gasteiger partial charge in [0.05, 0.1) is 16.3 Å². The molecule has 6 nitrogen and oxygen atoms in total. The van der Waals surface area contributed by atoms with E-state index in [0.29, 0.717) is 16.9 Å². The van der Waals surface area contributed by atoms with Gasteiger partial charge in [0.2, 0.25) is 0 Å². The molecule has 1 aliphatic carbocycles. The summed E-state index contributed by atoms with van der Waals surface area (Å²) in [6, 6.07) is 25.0. The van der Waals surface area contributed by atoms with Crippen molar-refractivity contribution in [3.8, 4) is 0 Å². The molecular weight excluding hydrogens is 480 g/mol. The number of unbranched alkanes of at least 4 members (excludes halogenated alkanes) is 1. The first-order chi connectivity index (χ1) is 17.8. The van der Waals surface area contributed by atoms with Crippen LogP contribution >= 0.6 is 0 Å². The standard InChI is InChI=1S/C30H38N4O2S/c1-23-21-24(2)30(25(3)22-23)37(35,36)33-31-20-11-10-13-26-14-12-19-29(26)32-34(27-15-6-4-7-16-27)28-17-8-5-9-18-28/h4-9,15-18,20-22,26,29,32-33H,10-14,19H2,1-3H3/b31-20+. The summed E-state index contributed by atoms with van der Waals surface area (Å²) in [6.45, 7) is 5.61. The van der Waals surface area contributed by atoms with Crippen LogP contribution in [-0.2, 0) is 10.0 Å². The molecule has 0 heterocycles. The zero-order valence-corrected chi connectivity index (χ0v) is 22.8. The van der Waals surface area contributed by atoms with Gasteiger partial charge in [0.15, 0.2) is 0 Å². The largest absolute Gasteiger partial charge is 0.277 e. The summed E-state index contributed by atoms with van der Waals surface area (Å²) in [5, 5.41) is 6.25. The average Bonchev–Trinajstić information content (AvgIpc) is 3.31. The molecule has 1 saturated carbocycles. The number of hydrazine groups is 1. The lowest BCUT2D eigenvalue weighted by molar-refractivity contribution is 0.376. The number of benzene rings is 3. The number of nitrogens with zero attached hydrogens (tertiary/aromatic N) is 2. The van der Waals surface area contributed by atoms with Gasteiger partial charge in [-0.05, 0) is 94.2 Å². The van der Waals surface area contributed by atoms with Gasteiger partial charge in [-0.25, -0.2) is 10.3 Å². The molecule has 0 radical (unpaired) electrons. The Morgan fingerprint density at radius 2 is 1.51 bits per heavy atom. The lowest BCUT2D eigenvalue weighted by Gasteiger charge is -2.32. The van der Waals surface area contributed by atoms with Crippen molar-refractivity contribution in [3.63, 3.8) is 0 Å². The second kappa shape index (κ2) is 12.4. The molecule has 0 aliphatic heterocycles. The Kier molecular flexibility index (Phi) is 9.00. The summed E-state index contributed by atoms with van der Waals surface area (Å²) >= 11 is 0. The Morgan fingerprint density at radius 1 is 0.919 bits per heavy atom. The van der Waals surface area contributed by atoms with Gasteiger partial charge in [-0.15, -0.1) is 0 Å². The van der Waals surface area contributed by atoms with Gasteiger partial charge in [-0.2, -0.15) is 13.5 Å². The molecule has 2 atom stereocenters. The van der Waals surface area contributed by atoms with Crippen LogP contribution in [0, 0.1) is 26.7 Å². The molecule has 0 spiro atoms. The van der Waals surface area contributed by atoms with Crippen LogP contribution in [0.3, 0.4) is 0 Å². The van der Waals surface area contributed by atoms with E-state index >= 15 is 0 Å². The van der Waals surface area contributed by atoms with E-state index < -0.39 is 10.0 Å². The van der Waals surface area contributed by atoms with Crippen molar-refractivity contribution in [3.05, 3.63) is 89.5 Å². The van der Waals surface area contributed by atoms with Crippen molar-refractivity contribution in [1.29, 1.82) is 0 Å². The van der Waals surface area contributed by atoms with Gasteiger partial charge < -0.3 is 0 Å². The molecule has 37 heavy (non-hydrogen) atoms. The molecule has 0 saturated heterocycles. The molecule has 1 aliphatic rings. The van der Waals surface area contributed by atoms with Crippen LogP contribution in [0.4, 0.5) is 11.4 Å². The summed E-state index contributed by atoms with van der Waals surface area (Å²) in [5.41, 5.74) is 8.58. The van der Waals surface area contributed by atoms with E-state index in [4.69, 9.17) is 0 Å². The average molecular weight is 519 g/mol. The maximum absolute atomic E-state index is 12.8. The second-order valence-electron chi connectivity index (χ2n) is 10.00. The van der Waals surface area contributed by atoms with Crippen LogP contribution in [0.25, 0.3) is 0 Å². The van der Waals surface area contributed by atoms with Gasteiger partial charge in [0.25, 0.3) is 10.0 Å². The molecule has 196 valence electrons. The Balaban J connectivity index is 1.31. The fraction of sp³-hybridized carbons (Fsp3) is 0.367. The van der Waals surface area contributed by atoms with Crippen molar-refractivity contribution >= 4 is 27.6 Å². The molecule has 7 heteroatoms. The summed E-state index contributed by atoms with van der Waals surface area (Å²) in [7, 11) is -3.68. The zero-order valence-electron chi connectivity index (χ0n) is 22.0. The molecule has 0 amide bonds. The Bertz CT molecular complexity index is 1230. The molecule has 2 N–H and O–H groups in total. The van der Waals surface area contributed by atoms with E-state index in [9.17, 15) is 8.42 Å². The van der Waals surface area contributed by atoms with Gasteiger partial charge in [-0.3, -0.25) is 5.01 Å².